The van der Waals surface area contributed by atoms with Gasteiger partial charge in [0.25, 0.3) is 5.91 Å². The number of anilines is 1. The van der Waals surface area contributed by atoms with E-state index in [1.54, 1.807) is 11.9 Å². The summed E-state index contributed by atoms with van der Waals surface area (Å²) in [6.45, 7) is 2.50. The smallest absolute Gasteiger partial charge is 0.254 e. The third-order valence-electron chi connectivity index (χ3n) is 3.17. The lowest BCUT2D eigenvalue weighted by atomic mass is 10.1. The van der Waals surface area contributed by atoms with Crippen LogP contribution in [-0.4, -0.2) is 17.9 Å². The van der Waals surface area contributed by atoms with Gasteiger partial charge in [-0.25, -0.2) is 0 Å². The van der Waals surface area contributed by atoms with E-state index in [2.05, 4.69) is 15.9 Å². The predicted molar refractivity (Wildman–Crippen MR) is 85.5 cm³/mol. The topological polar surface area (TPSA) is 46.3 Å². The fraction of sp³-hybridized carbons (Fsp3) is 0.188. The number of hydrogen-bond donors (Lipinski definition) is 1. The minimum Gasteiger partial charge on any atom is -0.399 e. The first-order chi connectivity index (χ1) is 9.47. The molecule has 0 unspecified atom stereocenters. The molecule has 0 heterocycles. The molecule has 0 aromatic heterocycles. The Hall–Kier alpha value is -1.81. The van der Waals surface area contributed by atoms with Crippen LogP contribution in [0.5, 0.6) is 0 Å². The largest absolute Gasteiger partial charge is 0.399 e. The van der Waals surface area contributed by atoms with Gasteiger partial charge in [0.1, 0.15) is 0 Å². The molecule has 0 radical (unpaired) electrons. The SMILES string of the molecule is Cc1cc(Br)ccc1C(=O)N(C)Cc1ccc(N)cc1. The fourth-order valence-electron chi connectivity index (χ4n) is 2.04. The molecule has 0 aliphatic rings. The Morgan fingerprint density at radius 3 is 2.45 bits per heavy atom. The summed E-state index contributed by atoms with van der Waals surface area (Å²) >= 11 is 3.41. The van der Waals surface area contributed by atoms with Crippen LogP contribution >= 0.6 is 15.9 Å². The number of nitrogens with zero attached hydrogens (tertiary/aromatic N) is 1. The van der Waals surface area contributed by atoms with E-state index in [0.717, 1.165) is 26.9 Å². The molecule has 4 heteroatoms. The highest BCUT2D eigenvalue weighted by Crippen LogP contribution is 2.18. The van der Waals surface area contributed by atoms with Gasteiger partial charge in [-0.2, -0.15) is 0 Å². The second kappa shape index (κ2) is 6.09. The van der Waals surface area contributed by atoms with Crippen LogP contribution < -0.4 is 5.73 Å². The van der Waals surface area contributed by atoms with Crippen molar-refractivity contribution >= 4 is 27.5 Å². The Morgan fingerprint density at radius 1 is 1.20 bits per heavy atom. The van der Waals surface area contributed by atoms with Crippen LogP contribution in [0.1, 0.15) is 21.5 Å². The van der Waals surface area contributed by atoms with Crippen LogP contribution in [0.2, 0.25) is 0 Å². The van der Waals surface area contributed by atoms with Gasteiger partial charge in [0.15, 0.2) is 0 Å². The number of carbonyl (C=O) groups excluding carboxylic acids is 1. The molecule has 2 aromatic carbocycles. The van der Waals surface area contributed by atoms with Crippen molar-refractivity contribution in [2.45, 2.75) is 13.5 Å². The van der Waals surface area contributed by atoms with Gasteiger partial charge >= 0.3 is 0 Å². The summed E-state index contributed by atoms with van der Waals surface area (Å²) in [4.78, 5) is 14.1. The standard InChI is InChI=1S/C16H17BrN2O/c1-11-9-13(17)5-8-15(11)16(20)19(2)10-12-3-6-14(18)7-4-12/h3-9H,10,18H2,1-2H3. The normalized spacial score (nSPS) is 10.3. The van der Waals surface area contributed by atoms with Gasteiger partial charge < -0.3 is 10.6 Å². The van der Waals surface area contributed by atoms with Crippen molar-refractivity contribution in [3.8, 4) is 0 Å². The van der Waals surface area contributed by atoms with Crippen molar-refractivity contribution in [2.24, 2.45) is 0 Å². The minimum absolute atomic E-state index is 0.0202. The maximum Gasteiger partial charge on any atom is 0.254 e. The van der Waals surface area contributed by atoms with Gasteiger partial charge in [0.05, 0.1) is 0 Å². The van der Waals surface area contributed by atoms with Gasteiger partial charge in [-0.3, -0.25) is 4.79 Å². The van der Waals surface area contributed by atoms with Crippen molar-refractivity contribution in [1.29, 1.82) is 0 Å². The lowest BCUT2D eigenvalue weighted by Crippen LogP contribution is -2.26. The number of amides is 1. The molecule has 2 rings (SSSR count). The summed E-state index contributed by atoms with van der Waals surface area (Å²) in [7, 11) is 1.81. The van der Waals surface area contributed by atoms with E-state index < -0.39 is 0 Å². The first-order valence-corrected chi connectivity index (χ1v) is 7.12. The van der Waals surface area contributed by atoms with E-state index in [0.29, 0.717) is 6.54 Å². The van der Waals surface area contributed by atoms with Crippen molar-refractivity contribution in [2.75, 3.05) is 12.8 Å². The average molecular weight is 333 g/mol. The molecular formula is C16H17BrN2O. The third kappa shape index (κ3) is 3.39. The van der Waals surface area contributed by atoms with Gasteiger partial charge in [-0.05, 0) is 48.4 Å². The number of benzene rings is 2. The number of nitrogen functional groups attached to an aromatic ring is 1. The summed E-state index contributed by atoms with van der Waals surface area (Å²) in [6, 6.07) is 13.3. The van der Waals surface area contributed by atoms with Crippen molar-refractivity contribution in [1.82, 2.24) is 4.90 Å². The molecule has 0 bridgehead atoms. The van der Waals surface area contributed by atoms with E-state index in [-0.39, 0.29) is 5.91 Å². The zero-order chi connectivity index (χ0) is 14.7. The third-order valence-corrected chi connectivity index (χ3v) is 3.66. The fourth-order valence-corrected chi connectivity index (χ4v) is 2.52. The Labute approximate surface area is 127 Å². The Morgan fingerprint density at radius 2 is 1.85 bits per heavy atom. The molecule has 104 valence electrons. The summed E-state index contributed by atoms with van der Waals surface area (Å²) in [5.41, 5.74) is 9.14. The summed E-state index contributed by atoms with van der Waals surface area (Å²) in [5, 5.41) is 0. The Bertz CT molecular complexity index is 623. The number of rotatable bonds is 3. The van der Waals surface area contributed by atoms with Crippen LogP contribution in [-0.2, 0) is 6.54 Å². The van der Waals surface area contributed by atoms with Crippen molar-refractivity contribution in [3.63, 3.8) is 0 Å². The minimum atomic E-state index is 0.0202. The number of aryl methyl sites for hydroxylation is 1. The van der Waals surface area contributed by atoms with Crippen molar-refractivity contribution < 1.29 is 4.79 Å². The van der Waals surface area contributed by atoms with Gasteiger partial charge in [0.2, 0.25) is 0 Å². The maximum absolute atomic E-state index is 12.4. The van der Waals surface area contributed by atoms with Gasteiger partial charge in [0, 0.05) is 29.3 Å². The lowest BCUT2D eigenvalue weighted by molar-refractivity contribution is 0.0784. The quantitative estimate of drug-likeness (QED) is 0.872. The zero-order valence-electron chi connectivity index (χ0n) is 11.6. The molecular weight excluding hydrogens is 316 g/mol. The van der Waals surface area contributed by atoms with Gasteiger partial charge in [-0.1, -0.05) is 28.1 Å². The van der Waals surface area contributed by atoms with Gasteiger partial charge in [-0.15, -0.1) is 0 Å². The zero-order valence-corrected chi connectivity index (χ0v) is 13.1. The monoisotopic (exact) mass is 332 g/mol. The van der Waals surface area contributed by atoms with Crippen LogP contribution in [0, 0.1) is 6.92 Å². The number of nitrogens with two attached hydrogens (primary N) is 1. The lowest BCUT2D eigenvalue weighted by Gasteiger charge is -2.18. The van der Waals surface area contributed by atoms with E-state index in [9.17, 15) is 4.79 Å². The summed E-state index contributed by atoms with van der Waals surface area (Å²) in [6.07, 6.45) is 0. The molecule has 0 saturated carbocycles. The first kappa shape index (κ1) is 14.6. The second-order valence-corrected chi connectivity index (χ2v) is 5.78. The number of hydrogen-bond acceptors (Lipinski definition) is 2. The van der Waals surface area contributed by atoms with E-state index in [4.69, 9.17) is 5.73 Å². The molecule has 0 aliphatic carbocycles. The highest BCUT2D eigenvalue weighted by molar-refractivity contribution is 9.10. The van der Waals surface area contributed by atoms with Crippen LogP contribution in [0.3, 0.4) is 0 Å². The maximum atomic E-state index is 12.4. The number of halogens is 1. The Balaban J connectivity index is 2.14. The molecule has 0 atom stereocenters. The number of carbonyl (C=O) groups is 1. The van der Waals surface area contributed by atoms with E-state index in [1.807, 2.05) is 49.4 Å². The van der Waals surface area contributed by atoms with Crippen molar-refractivity contribution in [3.05, 3.63) is 63.6 Å². The van der Waals surface area contributed by atoms with Crippen LogP contribution in [0.25, 0.3) is 0 Å². The molecule has 0 spiro atoms. The molecule has 0 aliphatic heterocycles. The Kier molecular flexibility index (Phi) is 4.45. The highest BCUT2D eigenvalue weighted by atomic mass is 79.9. The van der Waals surface area contributed by atoms with Crippen LogP contribution in [0.4, 0.5) is 5.69 Å². The molecule has 2 aromatic rings. The summed E-state index contributed by atoms with van der Waals surface area (Å²) < 4.78 is 0.979. The molecule has 2 N–H and O–H groups in total. The predicted octanol–water partition coefficient (Wildman–Crippen LogP) is 3.61. The molecule has 0 saturated heterocycles. The molecule has 0 fully saturated rings. The van der Waals surface area contributed by atoms with Crippen LogP contribution in [0.15, 0.2) is 46.9 Å². The van der Waals surface area contributed by atoms with E-state index in [1.165, 1.54) is 0 Å². The summed E-state index contributed by atoms with van der Waals surface area (Å²) in [5.74, 6) is 0.0202. The molecule has 3 nitrogen and oxygen atoms in total. The average Bonchev–Trinajstić information content (AvgIpc) is 2.40. The van der Waals surface area contributed by atoms with E-state index >= 15 is 0 Å². The molecule has 20 heavy (non-hydrogen) atoms. The molecule has 1 amide bonds. The highest BCUT2D eigenvalue weighted by Gasteiger charge is 2.14. The first-order valence-electron chi connectivity index (χ1n) is 6.33. The second-order valence-electron chi connectivity index (χ2n) is 4.86.